The van der Waals surface area contributed by atoms with Gasteiger partial charge in [-0.05, 0) is 30.9 Å². The molecule has 0 radical (unpaired) electrons. The number of carbonyl (C=O) groups is 1. The molecule has 0 aliphatic heterocycles. The molecule has 0 saturated heterocycles. The maximum atomic E-state index is 13.0. The molecule has 0 aliphatic carbocycles. The summed E-state index contributed by atoms with van der Waals surface area (Å²) in [7, 11) is 0. The number of hydrogen-bond donors (Lipinski definition) is 3. The van der Waals surface area contributed by atoms with Crippen molar-refractivity contribution in [1.29, 1.82) is 0 Å². The highest BCUT2D eigenvalue weighted by Gasteiger charge is 2.42. The third kappa shape index (κ3) is 6.52. The van der Waals surface area contributed by atoms with E-state index in [1.165, 1.54) is 19.3 Å². The molecule has 0 spiro atoms. The van der Waals surface area contributed by atoms with Gasteiger partial charge >= 0.3 is 12.2 Å². The van der Waals surface area contributed by atoms with Crippen molar-refractivity contribution >= 4 is 6.03 Å². The van der Waals surface area contributed by atoms with Crippen molar-refractivity contribution in [1.82, 2.24) is 10.6 Å². The van der Waals surface area contributed by atoms with Gasteiger partial charge in [0.1, 0.15) is 17.4 Å². The van der Waals surface area contributed by atoms with E-state index in [1.807, 2.05) is 5.32 Å². The SMILES string of the molecule is CC(C)(C)CC(NC(=O)NCC(C)(O)c1ccco1)C(F)(F)F. The second-order valence-corrected chi connectivity index (χ2v) is 6.94. The van der Waals surface area contributed by atoms with Gasteiger partial charge in [0, 0.05) is 0 Å². The molecule has 2 amide bonds. The Hall–Kier alpha value is -1.70. The van der Waals surface area contributed by atoms with Crippen molar-refractivity contribution < 1.29 is 27.5 Å². The summed E-state index contributed by atoms with van der Waals surface area (Å²) < 4.78 is 44.0. The summed E-state index contributed by atoms with van der Waals surface area (Å²) >= 11 is 0. The number of aliphatic hydroxyl groups is 1. The first-order chi connectivity index (χ1) is 10.3. The van der Waals surface area contributed by atoms with E-state index in [0.717, 1.165) is 0 Å². The molecule has 5 nitrogen and oxygen atoms in total. The average Bonchev–Trinajstić information content (AvgIpc) is 2.87. The van der Waals surface area contributed by atoms with Crippen LogP contribution in [0.25, 0.3) is 0 Å². The molecule has 1 aromatic heterocycles. The second-order valence-electron chi connectivity index (χ2n) is 6.94. The van der Waals surface area contributed by atoms with E-state index in [0.29, 0.717) is 0 Å². The summed E-state index contributed by atoms with van der Waals surface area (Å²) in [6.45, 7) is 6.09. The van der Waals surface area contributed by atoms with Gasteiger partial charge in [-0.25, -0.2) is 4.79 Å². The molecule has 0 fully saturated rings. The Labute approximate surface area is 133 Å². The number of alkyl halides is 3. The van der Waals surface area contributed by atoms with Crippen LogP contribution < -0.4 is 10.6 Å². The van der Waals surface area contributed by atoms with E-state index in [4.69, 9.17) is 4.42 Å². The summed E-state index contributed by atoms with van der Waals surface area (Å²) in [6.07, 6.45) is -3.44. The highest BCUT2D eigenvalue weighted by atomic mass is 19.4. The van der Waals surface area contributed by atoms with Crippen molar-refractivity contribution in [2.24, 2.45) is 5.41 Å². The monoisotopic (exact) mass is 336 g/mol. The van der Waals surface area contributed by atoms with Crippen LogP contribution in [0, 0.1) is 5.41 Å². The Morgan fingerprint density at radius 1 is 1.30 bits per heavy atom. The Balaban J connectivity index is 2.63. The predicted octanol–water partition coefficient (Wildman–Crippen LogP) is 3.15. The number of nitrogens with one attached hydrogen (secondary N) is 2. The predicted molar refractivity (Wildman–Crippen MR) is 78.7 cm³/mol. The number of furan rings is 1. The van der Waals surface area contributed by atoms with Gasteiger partial charge in [-0.3, -0.25) is 0 Å². The Morgan fingerprint density at radius 3 is 2.35 bits per heavy atom. The first kappa shape index (κ1) is 19.3. The van der Waals surface area contributed by atoms with Crippen LogP contribution in [0.1, 0.15) is 39.9 Å². The largest absolute Gasteiger partial charge is 0.466 e. The lowest BCUT2D eigenvalue weighted by Gasteiger charge is -2.29. The number of halogens is 3. The van der Waals surface area contributed by atoms with Crippen LogP contribution in [-0.2, 0) is 5.60 Å². The molecule has 1 heterocycles. The number of rotatable bonds is 5. The summed E-state index contributed by atoms with van der Waals surface area (Å²) in [6, 6.07) is 0.115. The minimum atomic E-state index is -4.55. The fraction of sp³-hybridized carbons (Fsp3) is 0.667. The summed E-state index contributed by atoms with van der Waals surface area (Å²) in [5.74, 6) is 0.208. The van der Waals surface area contributed by atoms with Gasteiger partial charge in [0.15, 0.2) is 0 Å². The zero-order valence-electron chi connectivity index (χ0n) is 13.6. The highest BCUT2D eigenvalue weighted by molar-refractivity contribution is 5.74. The molecule has 2 unspecified atom stereocenters. The van der Waals surface area contributed by atoms with Crippen LogP contribution >= 0.6 is 0 Å². The Bertz CT molecular complexity index is 505. The van der Waals surface area contributed by atoms with Gasteiger partial charge in [-0.2, -0.15) is 13.2 Å². The third-order valence-electron chi connectivity index (χ3n) is 3.16. The zero-order valence-corrected chi connectivity index (χ0v) is 13.6. The van der Waals surface area contributed by atoms with Crippen molar-refractivity contribution in [2.45, 2.75) is 51.9 Å². The van der Waals surface area contributed by atoms with Crippen molar-refractivity contribution in [2.75, 3.05) is 6.54 Å². The van der Waals surface area contributed by atoms with E-state index < -0.39 is 29.3 Å². The molecular formula is C15H23F3N2O3. The number of hydrogen-bond acceptors (Lipinski definition) is 3. The van der Waals surface area contributed by atoms with E-state index in [-0.39, 0.29) is 18.7 Å². The summed E-state index contributed by atoms with van der Waals surface area (Å²) in [4.78, 5) is 11.7. The van der Waals surface area contributed by atoms with Crippen LogP contribution in [0.4, 0.5) is 18.0 Å². The first-order valence-corrected chi connectivity index (χ1v) is 7.19. The van der Waals surface area contributed by atoms with Gasteiger partial charge in [-0.15, -0.1) is 0 Å². The fourth-order valence-corrected chi connectivity index (χ4v) is 1.99. The van der Waals surface area contributed by atoms with Crippen LogP contribution in [0.2, 0.25) is 0 Å². The third-order valence-corrected chi connectivity index (χ3v) is 3.16. The normalized spacial score (nSPS) is 16.5. The molecule has 1 aromatic rings. The lowest BCUT2D eigenvalue weighted by Crippen LogP contribution is -2.52. The van der Waals surface area contributed by atoms with Gasteiger partial charge in [0.25, 0.3) is 0 Å². The van der Waals surface area contributed by atoms with Gasteiger partial charge in [0.2, 0.25) is 0 Å². The molecular weight excluding hydrogens is 313 g/mol. The van der Waals surface area contributed by atoms with E-state index in [9.17, 15) is 23.1 Å². The molecule has 1 rings (SSSR count). The molecule has 0 saturated carbocycles. The molecule has 2 atom stereocenters. The summed E-state index contributed by atoms with van der Waals surface area (Å²) in [5.41, 5.74) is -2.12. The van der Waals surface area contributed by atoms with Crippen molar-refractivity contribution in [3.05, 3.63) is 24.2 Å². The topological polar surface area (TPSA) is 74.5 Å². The van der Waals surface area contributed by atoms with Crippen molar-refractivity contribution in [3.63, 3.8) is 0 Å². The van der Waals surface area contributed by atoms with E-state index >= 15 is 0 Å². The minimum Gasteiger partial charge on any atom is -0.466 e. The Kier molecular flexibility index (Phi) is 5.74. The molecule has 8 heteroatoms. The molecule has 132 valence electrons. The quantitative estimate of drug-likeness (QED) is 0.773. The maximum Gasteiger partial charge on any atom is 0.408 e. The van der Waals surface area contributed by atoms with Crippen LogP contribution in [0.3, 0.4) is 0 Å². The first-order valence-electron chi connectivity index (χ1n) is 7.19. The van der Waals surface area contributed by atoms with Crippen LogP contribution in [0.15, 0.2) is 22.8 Å². The van der Waals surface area contributed by atoms with Crippen molar-refractivity contribution in [3.8, 4) is 0 Å². The maximum absolute atomic E-state index is 13.0. The number of urea groups is 1. The Morgan fingerprint density at radius 2 is 1.91 bits per heavy atom. The lowest BCUT2D eigenvalue weighted by molar-refractivity contribution is -0.159. The lowest BCUT2D eigenvalue weighted by atomic mass is 9.88. The van der Waals surface area contributed by atoms with Gasteiger partial charge in [0.05, 0.1) is 12.8 Å². The zero-order chi connectivity index (χ0) is 17.9. The standard InChI is InChI=1S/C15H23F3N2O3/c1-13(2,3)8-10(15(16,17)18)20-12(21)19-9-14(4,22)11-6-5-7-23-11/h5-7,10,22H,8-9H2,1-4H3,(H2,19,20,21). The second kappa shape index (κ2) is 6.82. The van der Waals surface area contributed by atoms with Gasteiger partial charge in [-0.1, -0.05) is 20.8 Å². The molecule has 23 heavy (non-hydrogen) atoms. The average molecular weight is 336 g/mol. The number of amides is 2. The van der Waals surface area contributed by atoms with E-state index in [1.54, 1.807) is 26.8 Å². The van der Waals surface area contributed by atoms with Crippen LogP contribution in [0.5, 0.6) is 0 Å². The summed E-state index contributed by atoms with van der Waals surface area (Å²) in [5, 5.41) is 14.3. The molecule has 3 N–H and O–H groups in total. The molecule has 0 aliphatic rings. The van der Waals surface area contributed by atoms with Gasteiger partial charge < -0.3 is 20.2 Å². The smallest absolute Gasteiger partial charge is 0.408 e. The highest BCUT2D eigenvalue weighted by Crippen LogP contribution is 2.30. The number of carbonyl (C=O) groups excluding carboxylic acids is 1. The molecule has 0 bridgehead atoms. The molecule has 0 aromatic carbocycles. The minimum absolute atomic E-state index is 0.208. The van der Waals surface area contributed by atoms with E-state index in [2.05, 4.69) is 5.32 Å². The fourth-order valence-electron chi connectivity index (χ4n) is 1.99. The van der Waals surface area contributed by atoms with Crippen LogP contribution in [-0.4, -0.2) is 29.9 Å².